The fourth-order valence-electron chi connectivity index (χ4n) is 2.80. The Balaban J connectivity index is 1.82. The van der Waals surface area contributed by atoms with Crippen molar-refractivity contribution in [2.24, 2.45) is 0 Å². The highest BCUT2D eigenvalue weighted by Gasteiger charge is 2.15. The average molecular weight is 351 g/mol. The molecular formula is C19H14FN3O3. The standard InChI is InChI=1S/C19H14FN3O3/c1-10-22-23-19(26-10)12-4-6-17-14(7-12)15(9-25-17)11-3-5-13(16(20)8-11)18(24)21-2/h3-9H,1-2H3,(H,21,24). The highest BCUT2D eigenvalue weighted by Crippen LogP contribution is 2.34. The summed E-state index contributed by atoms with van der Waals surface area (Å²) in [6.45, 7) is 1.72. The van der Waals surface area contributed by atoms with Crippen LogP contribution in [0.15, 0.2) is 51.5 Å². The van der Waals surface area contributed by atoms with E-state index in [4.69, 9.17) is 8.83 Å². The molecule has 0 unspecified atom stereocenters. The van der Waals surface area contributed by atoms with Crippen molar-refractivity contribution < 1.29 is 18.0 Å². The van der Waals surface area contributed by atoms with E-state index < -0.39 is 11.7 Å². The lowest BCUT2D eigenvalue weighted by molar-refractivity contribution is 0.0959. The van der Waals surface area contributed by atoms with E-state index in [9.17, 15) is 9.18 Å². The van der Waals surface area contributed by atoms with Gasteiger partial charge in [0.05, 0.1) is 11.8 Å². The summed E-state index contributed by atoms with van der Waals surface area (Å²) in [5.41, 5.74) is 2.69. The number of amides is 1. The molecule has 2 aromatic carbocycles. The molecule has 0 radical (unpaired) electrons. The van der Waals surface area contributed by atoms with Gasteiger partial charge in [-0.05, 0) is 35.9 Å². The van der Waals surface area contributed by atoms with Crippen molar-refractivity contribution in [3.8, 4) is 22.6 Å². The lowest BCUT2D eigenvalue weighted by atomic mass is 10.0. The van der Waals surface area contributed by atoms with E-state index >= 15 is 0 Å². The second kappa shape index (κ2) is 6.11. The third kappa shape index (κ3) is 2.63. The van der Waals surface area contributed by atoms with Gasteiger partial charge in [0.15, 0.2) is 0 Å². The van der Waals surface area contributed by atoms with Gasteiger partial charge in [0.25, 0.3) is 5.91 Å². The maximum atomic E-state index is 14.3. The van der Waals surface area contributed by atoms with E-state index in [2.05, 4.69) is 15.5 Å². The van der Waals surface area contributed by atoms with Crippen LogP contribution in [0.2, 0.25) is 0 Å². The molecule has 0 fully saturated rings. The Morgan fingerprint density at radius 2 is 1.92 bits per heavy atom. The van der Waals surface area contributed by atoms with Crippen LogP contribution in [0.5, 0.6) is 0 Å². The molecule has 130 valence electrons. The van der Waals surface area contributed by atoms with Crippen LogP contribution in [-0.4, -0.2) is 23.2 Å². The van der Waals surface area contributed by atoms with Gasteiger partial charge in [-0.1, -0.05) is 6.07 Å². The van der Waals surface area contributed by atoms with Crippen LogP contribution in [0, 0.1) is 12.7 Å². The summed E-state index contributed by atoms with van der Waals surface area (Å²) in [6, 6.07) is 9.92. The number of benzene rings is 2. The number of nitrogens with zero attached hydrogens (tertiary/aromatic N) is 2. The molecule has 26 heavy (non-hydrogen) atoms. The molecular weight excluding hydrogens is 337 g/mol. The smallest absolute Gasteiger partial charge is 0.253 e. The molecule has 0 atom stereocenters. The first-order chi connectivity index (χ1) is 12.6. The SMILES string of the molecule is CNC(=O)c1ccc(-c2coc3ccc(-c4nnc(C)o4)cc23)cc1F. The van der Waals surface area contributed by atoms with Crippen LogP contribution in [0.25, 0.3) is 33.6 Å². The number of aryl methyl sites for hydroxylation is 1. The molecule has 0 aliphatic heterocycles. The number of carbonyl (C=O) groups is 1. The van der Waals surface area contributed by atoms with Gasteiger partial charge < -0.3 is 14.2 Å². The number of halogens is 1. The van der Waals surface area contributed by atoms with E-state index in [1.54, 1.807) is 25.3 Å². The number of furan rings is 1. The molecule has 0 aliphatic rings. The van der Waals surface area contributed by atoms with Gasteiger partial charge in [0.1, 0.15) is 11.4 Å². The predicted octanol–water partition coefficient (Wildman–Crippen LogP) is 3.96. The number of rotatable bonds is 3. The molecule has 1 amide bonds. The van der Waals surface area contributed by atoms with Gasteiger partial charge in [-0.2, -0.15) is 0 Å². The molecule has 2 aromatic heterocycles. The van der Waals surface area contributed by atoms with E-state index in [1.165, 1.54) is 19.2 Å². The number of fused-ring (bicyclic) bond motifs is 1. The van der Waals surface area contributed by atoms with E-state index in [-0.39, 0.29) is 5.56 Å². The lowest BCUT2D eigenvalue weighted by Gasteiger charge is -2.05. The first kappa shape index (κ1) is 16.0. The molecule has 0 saturated heterocycles. The van der Waals surface area contributed by atoms with Crippen LogP contribution in [0.1, 0.15) is 16.2 Å². The van der Waals surface area contributed by atoms with Crippen LogP contribution in [0.3, 0.4) is 0 Å². The maximum Gasteiger partial charge on any atom is 0.253 e. The second-order valence-electron chi connectivity index (χ2n) is 5.76. The molecule has 6 nitrogen and oxygen atoms in total. The molecule has 0 saturated carbocycles. The summed E-state index contributed by atoms with van der Waals surface area (Å²) in [6.07, 6.45) is 1.56. The molecule has 7 heteroatoms. The third-order valence-electron chi connectivity index (χ3n) is 4.10. The van der Waals surface area contributed by atoms with Crippen molar-refractivity contribution in [3.63, 3.8) is 0 Å². The number of carbonyl (C=O) groups excluding carboxylic acids is 1. The molecule has 1 N–H and O–H groups in total. The summed E-state index contributed by atoms with van der Waals surface area (Å²) in [4.78, 5) is 11.7. The highest BCUT2D eigenvalue weighted by atomic mass is 19.1. The van der Waals surface area contributed by atoms with Crippen molar-refractivity contribution in [2.45, 2.75) is 6.92 Å². The van der Waals surface area contributed by atoms with Gasteiger partial charge in [0.2, 0.25) is 11.8 Å². The Labute approximate surface area is 147 Å². The molecule has 0 spiro atoms. The zero-order valence-corrected chi connectivity index (χ0v) is 14.0. The Morgan fingerprint density at radius 3 is 2.62 bits per heavy atom. The van der Waals surface area contributed by atoms with E-state index in [0.29, 0.717) is 28.5 Å². The normalized spacial score (nSPS) is 11.0. The molecule has 2 heterocycles. The van der Waals surface area contributed by atoms with E-state index in [1.807, 2.05) is 12.1 Å². The Hall–Kier alpha value is -3.48. The third-order valence-corrected chi connectivity index (χ3v) is 4.10. The lowest BCUT2D eigenvalue weighted by Crippen LogP contribution is -2.19. The van der Waals surface area contributed by atoms with Crippen molar-refractivity contribution >= 4 is 16.9 Å². The van der Waals surface area contributed by atoms with Crippen LogP contribution >= 0.6 is 0 Å². The summed E-state index contributed by atoms with van der Waals surface area (Å²) in [5, 5.41) is 11.0. The van der Waals surface area contributed by atoms with Crippen LogP contribution in [0.4, 0.5) is 4.39 Å². The summed E-state index contributed by atoms with van der Waals surface area (Å²) in [5.74, 6) is -0.197. The minimum absolute atomic E-state index is 0.00826. The van der Waals surface area contributed by atoms with Crippen molar-refractivity contribution in [3.05, 3.63) is 59.9 Å². The fourth-order valence-corrected chi connectivity index (χ4v) is 2.80. The quantitative estimate of drug-likeness (QED) is 0.604. The molecule has 4 rings (SSSR count). The largest absolute Gasteiger partial charge is 0.464 e. The minimum atomic E-state index is -0.597. The zero-order valence-electron chi connectivity index (χ0n) is 14.0. The number of aromatic nitrogens is 2. The highest BCUT2D eigenvalue weighted by molar-refractivity contribution is 5.98. The number of hydrogen-bond acceptors (Lipinski definition) is 5. The van der Waals surface area contributed by atoms with Crippen LogP contribution in [-0.2, 0) is 0 Å². The first-order valence-corrected chi connectivity index (χ1v) is 7.90. The molecule has 0 bridgehead atoms. The Kier molecular flexibility index (Phi) is 3.76. The summed E-state index contributed by atoms with van der Waals surface area (Å²) >= 11 is 0. The van der Waals surface area contributed by atoms with Crippen molar-refractivity contribution in [2.75, 3.05) is 7.05 Å². The van der Waals surface area contributed by atoms with Gasteiger partial charge in [-0.3, -0.25) is 4.79 Å². The predicted molar refractivity (Wildman–Crippen MR) is 93.0 cm³/mol. The topological polar surface area (TPSA) is 81.2 Å². The van der Waals surface area contributed by atoms with Gasteiger partial charge in [-0.15, -0.1) is 10.2 Å². The number of nitrogens with one attached hydrogen (secondary N) is 1. The maximum absolute atomic E-state index is 14.3. The van der Waals surface area contributed by atoms with Crippen molar-refractivity contribution in [1.29, 1.82) is 0 Å². The van der Waals surface area contributed by atoms with Crippen molar-refractivity contribution in [1.82, 2.24) is 15.5 Å². The zero-order chi connectivity index (χ0) is 18.3. The van der Waals surface area contributed by atoms with Gasteiger partial charge in [-0.25, -0.2) is 4.39 Å². The first-order valence-electron chi connectivity index (χ1n) is 7.90. The molecule has 4 aromatic rings. The monoisotopic (exact) mass is 351 g/mol. The van der Waals surface area contributed by atoms with E-state index in [0.717, 1.165) is 10.9 Å². The summed E-state index contributed by atoms with van der Waals surface area (Å²) in [7, 11) is 1.46. The van der Waals surface area contributed by atoms with Gasteiger partial charge in [0, 0.05) is 30.5 Å². The Bertz CT molecular complexity index is 1130. The summed E-state index contributed by atoms with van der Waals surface area (Å²) < 4.78 is 25.3. The van der Waals surface area contributed by atoms with Gasteiger partial charge >= 0.3 is 0 Å². The average Bonchev–Trinajstić information content (AvgIpc) is 3.26. The number of hydrogen-bond donors (Lipinski definition) is 1. The second-order valence-corrected chi connectivity index (χ2v) is 5.76. The molecule has 0 aliphatic carbocycles. The fraction of sp³-hybridized carbons (Fsp3) is 0.105. The minimum Gasteiger partial charge on any atom is -0.464 e. The Morgan fingerprint density at radius 1 is 1.12 bits per heavy atom. The van der Waals surface area contributed by atoms with Crippen LogP contribution < -0.4 is 5.32 Å².